The Labute approximate surface area is 84.6 Å². The zero-order chi connectivity index (χ0) is 10.8. The molecule has 4 heteroatoms. The van der Waals surface area contributed by atoms with Crippen LogP contribution in [0.25, 0.3) is 0 Å². The van der Waals surface area contributed by atoms with Gasteiger partial charge in [0.15, 0.2) is 0 Å². The number of carbonyl (C=O) groups is 1. The Hall–Kier alpha value is -0.610. The fourth-order valence-electron chi connectivity index (χ4n) is 1.83. The van der Waals surface area contributed by atoms with Gasteiger partial charge in [-0.05, 0) is 20.3 Å². The smallest absolute Gasteiger partial charge is 0.309 e. The third kappa shape index (κ3) is 2.69. The van der Waals surface area contributed by atoms with Crippen LogP contribution in [-0.2, 0) is 9.53 Å². The molecule has 0 amide bonds. The Morgan fingerprint density at radius 3 is 2.64 bits per heavy atom. The summed E-state index contributed by atoms with van der Waals surface area (Å²) in [6.45, 7) is 4.97. The summed E-state index contributed by atoms with van der Waals surface area (Å²) in [4.78, 5) is 11.3. The third-order valence-electron chi connectivity index (χ3n) is 2.88. The number of aliphatic hydroxyl groups is 1. The number of nitrogens with one attached hydrogen (secondary N) is 1. The lowest BCUT2D eigenvalue weighted by Gasteiger charge is -2.35. The van der Waals surface area contributed by atoms with Crippen molar-refractivity contribution in [2.45, 2.75) is 25.9 Å². The highest BCUT2D eigenvalue weighted by atomic mass is 16.5. The minimum Gasteiger partial charge on any atom is -0.469 e. The maximum atomic E-state index is 11.3. The molecule has 0 aliphatic carbocycles. The highest BCUT2D eigenvalue weighted by molar-refractivity contribution is 5.72. The average molecular weight is 201 g/mol. The van der Waals surface area contributed by atoms with E-state index in [2.05, 4.69) is 5.32 Å². The molecule has 0 radical (unpaired) electrons. The molecule has 0 spiro atoms. The number of rotatable bonds is 2. The molecule has 1 heterocycles. The number of piperidine rings is 1. The van der Waals surface area contributed by atoms with Crippen molar-refractivity contribution < 1.29 is 14.6 Å². The molecule has 1 rings (SSSR count). The van der Waals surface area contributed by atoms with Gasteiger partial charge in [0, 0.05) is 19.0 Å². The van der Waals surface area contributed by atoms with Crippen molar-refractivity contribution in [2.75, 3.05) is 20.2 Å². The van der Waals surface area contributed by atoms with Gasteiger partial charge >= 0.3 is 5.97 Å². The molecular weight excluding hydrogens is 182 g/mol. The molecule has 14 heavy (non-hydrogen) atoms. The maximum Gasteiger partial charge on any atom is 0.309 e. The molecule has 2 N–H and O–H groups in total. The van der Waals surface area contributed by atoms with E-state index in [-0.39, 0.29) is 17.8 Å². The van der Waals surface area contributed by atoms with E-state index in [1.165, 1.54) is 7.11 Å². The molecule has 4 nitrogen and oxygen atoms in total. The predicted molar refractivity (Wildman–Crippen MR) is 52.8 cm³/mol. The number of hydrogen-bond donors (Lipinski definition) is 2. The fourth-order valence-corrected chi connectivity index (χ4v) is 1.83. The molecule has 0 aromatic carbocycles. The monoisotopic (exact) mass is 201 g/mol. The van der Waals surface area contributed by atoms with E-state index in [4.69, 9.17) is 4.74 Å². The number of esters is 1. The van der Waals surface area contributed by atoms with Gasteiger partial charge in [0.05, 0.1) is 18.6 Å². The molecule has 0 saturated carbocycles. The topological polar surface area (TPSA) is 58.6 Å². The molecule has 1 fully saturated rings. The second-order valence-corrected chi connectivity index (χ2v) is 4.46. The van der Waals surface area contributed by atoms with E-state index in [0.29, 0.717) is 13.0 Å². The van der Waals surface area contributed by atoms with E-state index < -0.39 is 5.60 Å². The van der Waals surface area contributed by atoms with Crippen molar-refractivity contribution in [3.8, 4) is 0 Å². The first-order valence-electron chi connectivity index (χ1n) is 4.96. The van der Waals surface area contributed by atoms with Crippen molar-refractivity contribution in [2.24, 2.45) is 11.8 Å². The van der Waals surface area contributed by atoms with E-state index in [0.717, 1.165) is 6.54 Å². The van der Waals surface area contributed by atoms with Gasteiger partial charge in [-0.25, -0.2) is 0 Å². The number of ether oxygens (including phenoxy) is 1. The first-order valence-corrected chi connectivity index (χ1v) is 4.96. The van der Waals surface area contributed by atoms with Crippen molar-refractivity contribution in [1.29, 1.82) is 0 Å². The average Bonchev–Trinajstić information content (AvgIpc) is 2.15. The Bertz CT molecular complexity index is 210. The second-order valence-electron chi connectivity index (χ2n) is 4.46. The van der Waals surface area contributed by atoms with Gasteiger partial charge in [0.2, 0.25) is 0 Å². The molecule has 2 atom stereocenters. The Morgan fingerprint density at radius 1 is 1.50 bits per heavy atom. The van der Waals surface area contributed by atoms with Gasteiger partial charge in [0.1, 0.15) is 0 Å². The van der Waals surface area contributed by atoms with Crippen LogP contribution < -0.4 is 5.32 Å². The quantitative estimate of drug-likeness (QED) is 0.625. The van der Waals surface area contributed by atoms with Crippen LogP contribution in [0.15, 0.2) is 0 Å². The summed E-state index contributed by atoms with van der Waals surface area (Å²) in [7, 11) is 1.40. The SMILES string of the molecule is COC(=O)C1CNCC(C(C)(C)O)C1. The molecule has 82 valence electrons. The highest BCUT2D eigenvalue weighted by Crippen LogP contribution is 2.26. The van der Waals surface area contributed by atoms with Crippen LogP contribution in [0, 0.1) is 11.8 Å². The van der Waals surface area contributed by atoms with E-state index in [9.17, 15) is 9.90 Å². The van der Waals surface area contributed by atoms with Crippen LogP contribution in [0.5, 0.6) is 0 Å². The lowest BCUT2D eigenvalue weighted by atomic mass is 9.80. The molecule has 1 saturated heterocycles. The molecule has 1 aliphatic rings. The van der Waals surface area contributed by atoms with Crippen LogP contribution in [0.4, 0.5) is 0 Å². The number of methoxy groups -OCH3 is 1. The predicted octanol–water partition coefficient (Wildman–Crippen LogP) is 0.156. The Kier molecular flexibility index (Phi) is 3.50. The maximum absolute atomic E-state index is 11.3. The van der Waals surface area contributed by atoms with E-state index in [1.54, 1.807) is 13.8 Å². The largest absolute Gasteiger partial charge is 0.469 e. The lowest BCUT2D eigenvalue weighted by molar-refractivity contribution is -0.147. The van der Waals surface area contributed by atoms with Gasteiger partial charge in [0.25, 0.3) is 0 Å². The van der Waals surface area contributed by atoms with Gasteiger partial charge in [-0.1, -0.05) is 0 Å². The van der Waals surface area contributed by atoms with Crippen molar-refractivity contribution in [3.05, 3.63) is 0 Å². The summed E-state index contributed by atoms with van der Waals surface area (Å²) < 4.78 is 4.69. The Morgan fingerprint density at radius 2 is 2.14 bits per heavy atom. The van der Waals surface area contributed by atoms with Crippen LogP contribution in [-0.4, -0.2) is 36.9 Å². The van der Waals surface area contributed by atoms with Gasteiger partial charge in [-0.3, -0.25) is 4.79 Å². The third-order valence-corrected chi connectivity index (χ3v) is 2.88. The van der Waals surface area contributed by atoms with Crippen LogP contribution in [0.2, 0.25) is 0 Å². The summed E-state index contributed by atoms with van der Waals surface area (Å²) in [6.07, 6.45) is 0.698. The molecule has 0 aromatic rings. The first kappa shape index (κ1) is 11.5. The van der Waals surface area contributed by atoms with E-state index >= 15 is 0 Å². The van der Waals surface area contributed by atoms with Gasteiger partial charge in [-0.2, -0.15) is 0 Å². The Balaban J connectivity index is 2.56. The van der Waals surface area contributed by atoms with Gasteiger partial charge in [-0.15, -0.1) is 0 Å². The number of carbonyl (C=O) groups excluding carboxylic acids is 1. The summed E-state index contributed by atoms with van der Waals surface area (Å²) in [6, 6.07) is 0. The van der Waals surface area contributed by atoms with Crippen molar-refractivity contribution >= 4 is 5.97 Å². The molecule has 1 aliphatic heterocycles. The fraction of sp³-hybridized carbons (Fsp3) is 0.900. The second kappa shape index (κ2) is 4.28. The standard InChI is InChI=1S/C10H19NO3/c1-10(2,13)8-4-7(5-11-6-8)9(12)14-3/h7-8,11,13H,4-6H2,1-3H3. The van der Waals surface area contributed by atoms with Crippen molar-refractivity contribution in [1.82, 2.24) is 5.32 Å². The molecular formula is C10H19NO3. The summed E-state index contributed by atoms with van der Waals surface area (Å²) in [5.74, 6) is -0.197. The first-order chi connectivity index (χ1) is 6.45. The molecule has 0 aromatic heterocycles. The summed E-state index contributed by atoms with van der Waals surface area (Å²) in [5, 5.41) is 13.0. The minimum atomic E-state index is -0.736. The normalized spacial score (nSPS) is 28.6. The van der Waals surface area contributed by atoms with Gasteiger partial charge < -0.3 is 15.2 Å². The summed E-state index contributed by atoms with van der Waals surface area (Å²) >= 11 is 0. The zero-order valence-electron chi connectivity index (χ0n) is 9.04. The minimum absolute atomic E-state index is 0.111. The molecule has 0 bridgehead atoms. The summed E-state index contributed by atoms with van der Waals surface area (Å²) in [5.41, 5.74) is -0.736. The van der Waals surface area contributed by atoms with Crippen LogP contribution in [0.1, 0.15) is 20.3 Å². The number of hydrogen-bond acceptors (Lipinski definition) is 4. The van der Waals surface area contributed by atoms with Crippen LogP contribution in [0.3, 0.4) is 0 Å². The molecule has 2 unspecified atom stereocenters. The van der Waals surface area contributed by atoms with E-state index in [1.807, 2.05) is 0 Å². The zero-order valence-corrected chi connectivity index (χ0v) is 9.04. The van der Waals surface area contributed by atoms with Crippen molar-refractivity contribution in [3.63, 3.8) is 0 Å². The lowest BCUT2D eigenvalue weighted by Crippen LogP contribution is -2.47. The van der Waals surface area contributed by atoms with Crippen LogP contribution >= 0.6 is 0 Å². The highest BCUT2D eigenvalue weighted by Gasteiger charge is 2.35.